The standard InChI is InChI=1S/C12H25N3O2/c1-11(16)14-12-3-6-15(7-4-12)8-10-17-9-5-13-2/h12-13H,3-10H2,1-2H3,(H,14,16). The molecule has 1 saturated heterocycles. The number of ether oxygens (including phenoxy) is 1. The number of nitrogens with zero attached hydrogens (tertiary/aromatic N) is 1. The van der Waals surface area contributed by atoms with E-state index in [4.69, 9.17) is 4.74 Å². The molecule has 100 valence electrons. The Labute approximate surface area is 104 Å². The third-order valence-corrected chi connectivity index (χ3v) is 3.04. The first-order valence-corrected chi connectivity index (χ1v) is 6.44. The van der Waals surface area contributed by atoms with Gasteiger partial charge >= 0.3 is 0 Å². The average Bonchev–Trinajstić information content (AvgIpc) is 2.30. The van der Waals surface area contributed by atoms with Gasteiger partial charge in [0.2, 0.25) is 5.91 Å². The molecule has 0 aliphatic carbocycles. The summed E-state index contributed by atoms with van der Waals surface area (Å²) in [5.74, 6) is 0.0823. The zero-order valence-corrected chi connectivity index (χ0v) is 11.0. The van der Waals surface area contributed by atoms with Gasteiger partial charge in [-0.1, -0.05) is 0 Å². The first-order chi connectivity index (χ1) is 8.22. The molecule has 0 aromatic rings. The van der Waals surface area contributed by atoms with E-state index in [1.54, 1.807) is 6.92 Å². The van der Waals surface area contributed by atoms with Crippen molar-refractivity contribution >= 4 is 5.91 Å². The van der Waals surface area contributed by atoms with E-state index in [0.29, 0.717) is 6.04 Å². The zero-order chi connectivity index (χ0) is 12.5. The van der Waals surface area contributed by atoms with Crippen LogP contribution in [0, 0.1) is 0 Å². The lowest BCUT2D eigenvalue weighted by Crippen LogP contribution is -2.44. The van der Waals surface area contributed by atoms with Crippen molar-refractivity contribution in [3.63, 3.8) is 0 Å². The fourth-order valence-corrected chi connectivity index (χ4v) is 2.06. The molecule has 0 unspecified atom stereocenters. The van der Waals surface area contributed by atoms with Gasteiger partial charge in [-0.3, -0.25) is 4.79 Å². The number of likely N-dealkylation sites (N-methyl/N-ethyl adjacent to an activating group) is 1. The average molecular weight is 243 g/mol. The van der Waals surface area contributed by atoms with Crippen LogP contribution < -0.4 is 10.6 Å². The van der Waals surface area contributed by atoms with Crippen molar-refractivity contribution in [2.45, 2.75) is 25.8 Å². The summed E-state index contributed by atoms with van der Waals surface area (Å²) in [5, 5.41) is 6.03. The molecule has 1 aliphatic heterocycles. The van der Waals surface area contributed by atoms with Crippen molar-refractivity contribution in [3.8, 4) is 0 Å². The molecule has 2 N–H and O–H groups in total. The third kappa shape index (κ3) is 6.61. The van der Waals surface area contributed by atoms with E-state index < -0.39 is 0 Å². The first-order valence-electron chi connectivity index (χ1n) is 6.44. The van der Waals surface area contributed by atoms with Crippen molar-refractivity contribution in [2.75, 3.05) is 46.4 Å². The van der Waals surface area contributed by atoms with Crippen molar-refractivity contribution in [2.24, 2.45) is 0 Å². The molecular formula is C12H25N3O2. The van der Waals surface area contributed by atoms with E-state index in [1.807, 2.05) is 7.05 Å². The summed E-state index contributed by atoms with van der Waals surface area (Å²) in [6.45, 7) is 7.18. The Morgan fingerprint density at radius 3 is 2.65 bits per heavy atom. The molecule has 1 heterocycles. The lowest BCUT2D eigenvalue weighted by atomic mass is 10.1. The normalized spacial score (nSPS) is 18.2. The quantitative estimate of drug-likeness (QED) is 0.609. The van der Waals surface area contributed by atoms with Crippen LogP contribution in [0.1, 0.15) is 19.8 Å². The van der Waals surface area contributed by atoms with E-state index in [1.165, 1.54) is 0 Å². The van der Waals surface area contributed by atoms with E-state index in [2.05, 4.69) is 15.5 Å². The van der Waals surface area contributed by atoms with Crippen LogP contribution >= 0.6 is 0 Å². The molecule has 1 fully saturated rings. The Balaban J connectivity index is 2.01. The van der Waals surface area contributed by atoms with Gasteiger partial charge in [0.15, 0.2) is 0 Å². The van der Waals surface area contributed by atoms with Crippen LogP contribution in [0.3, 0.4) is 0 Å². The van der Waals surface area contributed by atoms with Crippen molar-refractivity contribution in [1.29, 1.82) is 0 Å². The molecule has 0 spiro atoms. The van der Waals surface area contributed by atoms with Crippen LogP contribution in [0.5, 0.6) is 0 Å². The van der Waals surface area contributed by atoms with Gasteiger partial charge in [0.05, 0.1) is 13.2 Å². The van der Waals surface area contributed by atoms with Gasteiger partial charge in [-0.05, 0) is 19.9 Å². The molecule has 0 radical (unpaired) electrons. The number of carbonyl (C=O) groups is 1. The molecule has 5 nitrogen and oxygen atoms in total. The van der Waals surface area contributed by atoms with E-state index in [0.717, 1.165) is 52.2 Å². The molecule has 5 heteroatoms. The second-order valence-corrected chi connectivity index (χ2v) is 4.53. The molecular weight excluding hydrogens is 218 g/mol. The third-order valence-electron chi connectivity index (χ3n) is 3.04. The number of rotatable bonds is 7. The predicted octanol–water partition coefficient (Wildman–Crippen LogP) is -0.177. The lowest BCUT2D eigenvalue weighted by Gasteiger charge is -2.31. The highest BCUT2D eigenvalue weighted by molar-refractivity contribution is 5.73. The minimum atomic E-state index is 0.0823. The molecule has 0 saturated carbocycles. The lowest BCUT2D eigenvalue weighted by molar-refractivity contribution is -0.120. The fraction of sp³-hybridized carbons (Fsp3) is 0.917. The zero-order valence-electron chi connectivity index (χ0n) is 11.0. The maximum absolute atomic E-state index is 10.9. The second-order valence-electron chi connectivity index (χ2n) is 4.53. The predicted molar refractivity (Wildman–Crippen MR) is 68.0 cm³/mol. The monoisotopic (exact) mass is 243 g/mol. The summed E-state index contributed by atoms with van der Waals surface area (Å²) in [5.41, 5.74) is 0. The topological polar surface area (TPSA) is 53.6 Å². The summed E-state index contributed by atoms with van der Waals surface area (Å²) < 4.78 is 5.49. The molecule has 1 rings (SSSR count). The first kappa shape index (κ1) is 14.4. The summed E-state index contributed by atoms with van der Waals surface area (Å²) in [7, 11) is 1.93. The Kier molecular flexibility index (Phi) is 7.16. The molecule has 0 aromatic heterocycles. The van der Waals surface area contributed by atoms with E-state index in [-0.39, 0.29) is 5.91 Å². The highest BCUT2D eigenvalue weighted by atomic mass is 16.5. The van der Waals surface area contributed by atoms with Gasteiger partial charge in [-0.15, -0.1) is 0 Å². The van der Waals surface area contributed by atoms with Gasteiger partial charge in [-0.2, -0.15) is 0 Å². The summed E-state index contributed by atoms with van der Waals surface area (Å²) in [4.78, 5) is 13.3. The van der Waals surface area contributed by atoms with Crippen LogP contribution in [-0.4, -0.2) is 63.3 Å². The molecule has 1 amide bonds. The van der Waals surface area contributed by atoms with Crippen molar-refractivity contribution in [3.05, 3.63) is 0 Å². The number of nitrogens with one attached hydrogen (secondary N) is 2. The van der Waals surface area contributed by atoms with E-state index in [9.17, 15) is 4.79 Å². The van der Waals surface area contributed by atoms with Gasteiger partial charge in [-0.25, -0.2) is 0 Å². The molecule has 0 bridgehead atoms. The second kappa shape index (κ2) is 8.44. The molecule has 0 aromatic carbocycles. The minimum absolute atomic E-state index is 0.0823. The highest BCUT2D eigenvalue weighted by Gasteiger charge is 2.18. The van der Waals surface area contributed by atoms with Crippen LogP contribution in [0.25, 0.3) is 0 Å². The van der Waals surface area contributed by atoms with Gasteiger partial charge < -0.3 is 20.3 Å². The van der Waals surface area contributed by atoms with Crippen LogP contribution in [0.2, 0.25) is 0 Å². The molecule has 0 atom stereocenters. The Hall–Kier alpha value is -0.650. The Morgan fingerprint density at radius 1 is 1.35 bits per heavy atom. The smallest absolute Gasteiger partial charge is 0.217 e. The Bertz CT molecular complexity index is 216. The van der Waals surface area contributed by atoms with Crippen LogP contribution in [0.15, 0.2) is 0 Å². The molecule has 1 aliphatic rings. The van der Waals surface area contributed by atoms with Crippen molar-refractivity contribution < 1.29 is 9.53 Å². The maximum Gasteiger partial charge on any atom is 0.217 e. The minimum Gasteiger partial charge on any atom is -0.379 e. The van der Waals surface area contributed by atoms with Gasteiger partial charge in [0.25, 0.3) is 0 Å². The number of hydrogen-bond acceptors (Lipinski definition) is 4. The number of piperidine rings is 1. The maximum atomic E-state index is 10.9. The number of hydrogen-bond donors (Lipinski definition) is 2. The number of carbonyl (C=O) groups excluding carboxylic acids is 1. The number of amides is 1. The number of likely N-dealkylation sites (tertiary alicyclic amines) is 1. The van der Waals surface area contributed by atoms with Gasteiger partial charge in [0, 0.05) is 39.1 Å². The fourth-order valence-electron chi connectivity index (χ4n) is 2.06. The summed E-state index contributed by atoms with van der Waals surface area (Å²) in [6, 6.07) is 0.369. The van der Waals surface area contributed by atoms with Gasteiger partial charge in [0.1, 0.15) is 0 Å². The highest BCUT2D eigenvalue weighted by Crippen LogP contribution is 2.09. The van der Waals surface area contributed by atoms with E-state index >= 15 is 0 Å². The SMILES string of the molecule is CNCCOCCN1CCC(NC(C)=O)CC1. The molecule has 17 heavy (non-hydrogen) atoms. The summed E-state index contributed by atoms with van der Waals surface area (Å²) >= 11 is 0. The van der Waals surface area contributed by atoms with Crippen LogP contribution in [0.4, 0.5) is 0 Å². The van der Waals surface area contributed by atoms with Crippen molar-refractivity contribution in [1.82, 2.24) is 15.5 Å². The largest absolute Gasteiger partial charge is 0.379 e. The Morgan fingerprint density at radius 2 is 2.06 bits per heavy atom. The van der Waals surface area contributed by atoms with Crippen LogP contribution in [-0.2, 0) is 9.53 Å². The summed E-state index contributed by atoms with van der Waals surface area (Å²) in [6.07, 6.45) is 2.10.